The fourth-order valence-electron chi connectivity index (χ4n) is 2.20. The standard InChI is InChI=1S/C20H24N2O4/c1-4-12-26-19-13-15(6-11-18(19)24-3)14-21-22-20(23)16-7-9-17(10-8-16)25-5-2/h6-11,13-14H,4-5,12H2,1-3H3,(H,22,23)/b21-14-. The number of benzene rings is 2. The van der Waals surface area contributed by atoms with Gasteiger partial charge in [-0.1, -0.05) is 6.92 Å². The fourth-order valence-corrected chi connectivity index (χ4v) is 2.20. The SMILES string of the molecule is CCCOc1cc(/C=N\NC(=O)c2ccc(OCC)cc2)ccc1OC. The van der Waals surface area contributed by atoms with Gasteiger partial charge >= 0.3 is 0 Å². The van der Waals surface area contributed by atoms with Crippen molar-refractivity contribution in [2.24, 2.45) is 5.10 Å². The number of nitrogens with zero attached hydrogens (tertiary/aromatic N) is 1. The Morgan fingerprint density at radius 1 is 1.08 bits per heavy atom. The van der Waals surface area contributed by atoms with Crippen molar-refractivity contribution in [2.45, 2.75) is 20.3 Å². The first kappa shape index (κ1) is 19.3. The topological polar surface area (TPSA) is 69.2 Å². The predicted octanol–water partition coefficient (Wildman–Crippen LogP) is 3.65. The number of hydrogen-bond donors (Lipinski definition) is 1. The average Bonchev–Trinajstić information content (AvgIpc) is 2.67. The molecule has 6 heteroatoms. The lowest BCUT2D eigenvalue weighted by Gasteiger charge is -2.10. The molecule has 0 atom stereocenters. The van der Waals surface area contributed by atoms with Gasteiger partial charge in [0.1, 0.15) is 5.75 Å². The van der Waals surface area contributed by atoms with E-state index in [0.29, 0.717) is 30.3 Å². The minimum atomic E-state index is -0.291. The van der Waals surface area contributed by atoms with Gasteiger partial charge in [-0.05, 0) is 61.4 Å². The molecule has 0 saturated carbocycles. The Bertz CT molecular complexity index is 742. The first-order chi connectivity index (χ1) is 12.7. The maximum atomic E-state index is 12.1. The monoisotopic (exact) mass is 356 g/mol. The largest absolute Gasteiger partial charge is 0.494 e. The molecule has 1 amide bonds. The third-order valence-electron chi connectivity index (χ3n) is 3.46. The quantitative estimate of drug-likeness (QED) is 0.550. The van der Waals surface area contributed by atoms with Crippen molar-refractivity contribution in [1.29, 1.82) is 0 Å². The lowest BCUT2D eigenvalue weighted by atomic mass is 10.2. The molecular formula is C20H24N2O4. The van der Waals surface area contributed by atoms with Gasteiger partial charge in [-0.15, -0.1) is 0 Å². The van der Waals surface area contributed by atoms with E-state index in [9.17, 15) is 4.79 Å². The van der Waals surface area contributed by atoms with Crippen LogP contribution in [0.1, 0.15) is 36.2 Å². The molecule has 2 aromatic rings. The Balaban J connectivity index is 1.99. The van der Waals surface area contributed by atoms with E-state index >= 15 is 0 Å². The molecule has 0 saturated heterocycles. The van der Waals surface area contributed by atoms with Crippen LogP contribution in [0.4, 0.5) is 0 Å². The Morgan fingerprint density at radius 2 is 1.85 bits per heavy atom. The van der Waals surface area contributed by atoms with Crippen LogP contribution in [0.2, 0.25) is 0 Å². The van der Waals surface area contributed by atoms with Crippen LogP contribution in [0, 0.1) is 0 Å². The highest BCUT2D eigenvalue weighted by atomic mass is 16.5. The van der Waals surface area contributed by atoms with Crippen molar-refractivity contribution < 1.29 is 19.0 Å². The molecule has 0 aliphatic heterocycles. The van der Waals surface area contributed by atoms with Gasteiger partial charge in [0.2, 0.25) is 0 Å². The zero-order valence-electron chi connectivity index (χ0n) is 15.3. The minimum Gasteiger partial charge on any atom is -0.494 e. The summed E-state index contributed by atoms with van der Waals surface area (Å²) in [6.45, 7) is 5.13. The van der Waals surface area contributed by atoms with Gasteiger partial charge in [0.25, 0.3) is 5.91 Å². The molecule has 2 aromatic carbocycles. The summed E-state index contributed by atoms with van der Waals surface area (Å²) in [6.07, 6.45) is 2.46. The molecule has 26 heavy (non-hydrogen) atoms. The van der Waals surface area contributed by atoms with Crippen LogP contribution in [0.3, 0.4) is 0 Å². The molecule has 0 aliphatic carbocycles. The van der Waals surface area contributed by atoms with Crippen molar-refractivity contribution in [3.63, 3.8) is 0 Å². The second-order valence-electron chi connectivity index (χ2n) is 5.42. The van der Waals surface area contributed by atoms with Crippen molar-refractivity contribution in [1.82, 2.24) is 5.43 Å². The third kappa shape index (κ3) is 5.51. The summed E-state index contributed by atoms with van der Waals surface area (Å²) in [5.74, 6) is 1.75. The summed E-state index contributed by atoms with van der Waals surface area (Å²) in [5.41, 5.74) is 3.81. The summed E-state index contributed by atoms with van der Waals surface area (Å²) >= 11 is 0. The van der Waals surface area contributed by atoms with Crippen molar-refractivity contribution in [3.05, 3.63) is 53.6 Å². The predicted molar refractivity (Wildman–Crippen MR) is 101 cm³/mol. The average molecular weight is 356 g/mol. The fraction of sp³-hybridized carbons (Fsp3) is 0.300. The molecule has 0 aliphatic rings. The molecule has 0 aromatic heterocycles. The maximum Gasteiger partial charge on any atom is 0.271 e. The highest BCUT2D eigenvalue weighted by Crippen LogP contribution is 2.27. The molecule has 0 spiro atoms. The van der Waals surface area contributed by atoms with Crippen molar-refractivity contribution in [2.75, 3.05) is 20.3 Å². The van der Waals surface area contributed by atoms with Gasteiger partial charge in [0.15, 0.2) is 11.5 Å². The summed E-state index contributed by atoms with van der Waals surface area (Å²) in [6, 6.07) is 12.4. The van der Waals surface area contributed by atoms with Crippen LogP contribution in [0.15, 0.2) is 47.6 Å². The van der Waals surface area contributed by atoms with Crippen molar-refractivity contribution >= 4 is 12.1 Å². The number of hydrogen-bond acceptors (Lipinski definition) is 5. The van der Waals surface area contributed by atoms with Crippen LogP contribution in [0.25, 0.3) is 0 Å². The van der Waals surface area contributed by atoms with Crippen LogP contribution in [-0.2, 0) is 0 Å². The van der Waals surface area contributed by atoms with Gasteiger partial charge in [-0.25, -0.2) is 5.43 Å². The maximum absolute atomic E-state index is 12.1. The molecule has 2 rings (SSSR count). The third-order valence-corrected chi connectivity index (χ3v) is 3.46. The van der Waals surface area contributed by atoms with E-state index in [0.717, 1.165) is 17.7 Å². The molecule has 0 radical (unpaired) electrons. The first-order valence-corrected chi connectivity index (χ1v) is 8.55. The van der Waals surface area contributed by atoms with Crippen LogP contribution >= 0.6 is 0 Å². The Morgan fingerprint density at radius 3 is 2.50 bits per heavy atom. The molecule has 0 unspecified atom stereocenters. The molecule has 0 fully saturated rings. The summed E-state index contributed by atoms with van der Waals surface area (Å²) in [7, 11) is 1.60. The second kappa shape index (κ2) is 10.1. The first-order valence-electron chi connectivity index (χ1n) is 8.55. The normalized spacial score (nSPS) is 10.6. The molecule has 0 bridgehead atoms. The Labute approximate surface area is 153 Å². The van der Waals surface area contributed by atoms with Gasteiger partial charge in [-0.3, -0.25) is 4.79 Å². The number of methoxy groups -OCH3 is 1. The van der Waals surface area contributed by atoms with Crippen LogP contribution in [-0.4, -0.2) is 32.4 Å². The second-order valence-corrected chi connectivity index (χ2v) is 5.42. The van der Waals surface area contributed by atoms with E-state index in [1.54, 1.807) is 43.7 Å². The summed E-state index contributed by atoms with van der Waals surface area (Å²) in [5, 5.41) is 4.00. The van der Waals surface area contributed by atoms with Gasteiger partial charge < -0.3 is 14.2 Å². The van der Waals surface area contributed by atoms with E-state index in [4.69, 9.17) is 14.2 Å². The summed E-state index contributed by atoms with van der Waals surface area (Å²) in [4.78, 5) is 12.1. The molecule has 6 nitrogen and oxygen atoms in total. The minimum absolute atomic E-state index is 0.291. The Kier molecular flexibility index (Phi) is 7.49. The van der Waals surface area contributed by atoms with Crippen LogP contribution in [0.5, 0.6) is 17.2 Å². The summed E-state index contributed by atoms with van der Waals surface area (Å²) < 4.78 is 16.3. The molecular weight excluding hydrogens is 332 g/mol. The lowest BCUT2D eigenvalue weighted by Crippen LogP contribution is -2.17. The van der Waals surface area contributed by atoms with Crippen molar-refractivity contribution in [3.8, 4) is 17.2 Å². The van der Waals surface area contributed by atoms with Gasteiger partial charge in [0, 0.05) is 5.56 Å². The number of ether oxygens (including phenoxy) is 3. The Hall–Kier alpha value is -3.02. The van der Waals surface area contributed by atoms with E-state index in [-0.39, 0.29) is 5.91 Å². The number of carbonyl (C=O) groups excluding carboxylic acids is 1. The van der Waals surface area contributed by atoms with E-state index in [1.165, 1.54) is 0 Å². The zero-order valence-corrected chi connectivity index (χ0v) is 15.3. The van der Waals surface area contributed by atoms with Crippen LogP contribution < -0.4 is 19.6 Å². The molecule has 138 valence electrons. The number of nitrogens with one attached hydrogen (secondary N) is 1. The smallest absolute Gasteiger partial charge is 0.271 e. The van der Waals surface area contributed by atoms with E-state index in [1.807, 2.05) is 26.0 Å². The lowest BCUT2D eigenvalue weighted by molar-refractivity contribution is 0.0955. The number of amides is 1. The molecule has 1 N–H and O–H groups in total. The van der Waals surface area contributed by atoms with Gasteiger partial charge in [0.05, 0.1) is 26.5 Å². The van der Waals surface area contributed by atoms with E-state index < -0.39 is 0 Å². The highest BCUT2D eigenvalue weighted by Gasteiger charge is 2.06. The number of rotatable bonds is 9. The zero-order chi connectivity index (χ0) is 18.8. The molecule has 0 heterocycles. The van der Waals surface area contributed by atoms with E-state index in [2.05, 4.69) is 10.5 Å². The number of hydrazone groups is 1. The highest BCUT2D eigenvalue weighted by molar-refractivity contribution is 5.95. The number of carbonyl (C=O) groups is 1. The van der Waals surface area contributed by atoms with Gasteiger partial charge in [-0.2, -0.15) is 5.10 Å².